The lowest BCUT2D eigenvalue weighted by molar-refractivity contribution is -0.137. The Hall–Kier alpha value is -2.33. The summed E-state index contributed by atoms with van der Waals surface area (Å²) < 4.78 is 73.6. The van der Waals surface area contributed by atoms with E-state index in [9.17, 15) is 21.6 Å². The molecule has 6 nitrogen and oxygen atoms in total. The Morgan fingerprint density at radius 3 is 2.00 bits per heavy atom. The fraction of sp³-hybridized carbons (Fsp3) is 0.542. The van der Waals surface area contributed by atoms with Gasteiger partial charge in [-0.3, -0.25) is 0 Å². The minimum absolute atomic E-state index is 0.0801. The maximum Gasteiger partial charge on any atom is 0.417 e. The minimum atomic E-state index is -4.38. The molecule has 0 spiro atoms. The number of alkyl halides is 3. The minimum Gasteiger partial charge on any atom is -0.490 e. The third-order valence-electron chi connectivity index (χ3n) is 6.40. The summed E-state index contributed by atoms with van der Waals surface area (Å²) >= 11 is 0. The summed E-state index contributed by atoms with van der Waals surface area (Å²) in [5.41, 5.74) is -0.736. The number of nitrogens with zero attached hydrogens (tertiary/aromatic N) is 2. The van der Waals surface area contributed by atoms with Crippen molar-refractivity contribution in [3.05, 3.63) is 48.2 Å². The van der Waals surface area contributed by atoms with Crippen LogP contribution in [0.5, 0.6) is 5.75 Å². The molecule has 0 unspecified atom stereocenters. The summed E-state index contributed by atoms with van der Waals surface area (Å²) in [6, 6.07) is 9.01. The van der Waals surface area contributed by atoms with Gasteiger partial charge in [-0.1, -0.05) is 0 Å². The van der Waals surface area contributed by atoms with Crippen molar-refractivity contribution in [3.63, 3.8) is 0 Å². The quantitative estimate of drug-likeness (QED) is 0.566. The monoisotopic (exact) mass is 498 g/mol. The van der Waals surface area contributed by atoms with Crippen molar-refractivity contribution in [1.29, 1.82) is 0 Å². The Morgan fingerprint density at radius 1 is 0.882 bits per heavy atom. The molecule has 0 bridgehead atoms. The zero-order valence-electron chi connectivity index (χ0n) is 19.0. The second kappa shape index (κ2) is 10.1. The first-order chi connectivity index (χ1) is 16.1. The van der Waals surface area contributed by atoms with Crippen LogP contribution in [0, 0.1) is 0 Å². The Balaban J connectivity index is 1.19. The van der Waals surface area contributed by atoms with Crippen molar-refractivity contribution < 1.29 is 31.1 Å². The number of anilines is 1. The fourth-order valence-corrected chi connectivity index (χ4v) is 5.11. The zero-order chi connectivity index (χ0) is 24.3. The van der Waals surface area contributed by atoms with Crippen LogP contribution >= 0.6 is 0 Å². The first kappa shape index (κ1) is 24.8. The van der Waals surface area contributed by atoms with Gasteiger partial charge in [0.2, 0.25) is 0 Å². The van der Waals surface area contributed by atoms with Crippen LogP contribution in [0.2, 0.25) is 0 Å². The molecule has 1 saturated carbocycles. The van der Waals surface area contributed by atoms with Crippen LogP contribution in [0.3, 0.4) is 0 Å². The molecule has 1 saturated heterocycles. The van der Waals surface area contributed by atoms with E-state index in [2.05, 4.69) is 4.98 Å². The molecule has 1 aromatic heterocycles. The van der Waals surface area contributed by atoms with Crippen molar-refractivity contribution in [1.82, 2.24) is 4.98 Å². The maximum absolute atomic E-state index is 12.7. The average molecular weight is 499 g/mol. The average Bonchev–Trinajstić information content (AvgIpc) is 2.80. The molecular formula is C24H29F3N2O4S. The second-order valence-corrected chi connectivity index (χ2v) is 11.0. The molecule has 2 fully saturated rings. The first-order valence-electron chi connectivity index (χ1n) is 11.5. The van der Waals surface area contributed by atoms with Gasteiger partial charge in [-0.2, -0.15) is 13.2 Å². The molecule has 2 aromatic rings. The molecule has 0 N–H and O–H groups in total. The fourth-order valence-electron chi connectivity index (χ4n) is 4.48. The van der Waals surface area contributed by atoms with E-state index in [1.807, 2.05) is 4.90 Å². The summed E-state index contributed by atoms with van der Waals surface area (Å²) in [6.45, 7) is 1.40. The summed E-state index contributed by atoms with van der Waals surface area (Å²) in [7, 11) is -3.22. The van der Waals surface area contributed by atoms with Gasteiger partial charge in [-0.05, 0) is 74.9 Å². The molecule has 0 radical (unpaired) electrons. The lowest BCUT2D eigenvalue weighted by Gasteiger charge is -2.36. The van der Waals surface area contributed by atoms with Crippen LogP contribution in [0.4, 0.5) is 19.0 Å². The number of rotatable bonds is 6. The van der Waals surface area contributed by atoms with Crippen LogP contribution in [0.25, 0.3) is 0 Å². The van der Waals surface area contributed by atoms with Gasteiger partial charge in [0.15, 0.2) is 9.84 Å². The number of piperidine rings is 1. The summed E-state index contributed by atoms with van der Waals surface area (Å²) in [6.07, 6.45) is 3.23. The van der Waals surface area contributed by atoms with Crippen LogP contribution in [-0.4, -0.2) is 51.1 Å². The van der Waals surface area contributed by atoms with Gasteiger partial charge in [-0.25, -0.2) is 13.4 Å². The molecular weight excluding hydrogens is 469 g/mol. The van der Waals surface area contributed by atoms with E-state index in [0.29, 0.717) is 24.7 Å². The molecule has 1 aliphatic heterocycles. The number of benzene rings is 1. The summed E-state index contributed by atoms with van der Waals surface area (Å²) in [4.78, 5) is 6.27. The zero-order valence-corrected chi connectivity index (χ0v) is 19.8. The van der Waals surface area contributed by atoms with Crippen molar-refractivity contribution >= 4 is 15.7 Å². The van der Waals surface area contributed by atoms with Crippen molar-refractivity contribution in [2.45, 2.75) is 67.9 Å². The highest BCUT2D eigenvalue weighted by Crippen LogP contribution is 2.31. The predicted octanol–water partition coefficient (Wildman–Crippen LogP) is 4.88. The topological polar surface area (TPSA) is 68.7 Å². The molecule has 2 heterocycles. The number of halogens is 3. The van der Waals surface area contributed by atoms with Crippen molar-refractivity contribution in [2.24, 2.45) is 0 Å². The first-order valence-corrected chi connectivity index (χ1v) is 13.4. The predicted molar refractivity (Wildman–Crippen MR) is 122 cm³/mol. The molecule has 1 aromatic carbocycles. The number of hydrogen-bond acceptors (Lipinski definition) is 6. The second-order valence-electron chi connectivity index (χ2n) is 8.99. The lowest BCUT2D eigenvalue weighted by Crippen LogP contribution is -2.40. The highest BCUT2D eigenvalue weighted by molar-refractivity contribution is 7.90. The van der Waals surface area contributed by atoms with E-state index in [0.717, 1.165) is 50.8 Å². The van der Waals surface area contributed by atoms with Gasteiger partial charge in [0, 0.05) is 25.5 Å². The molecule has 34 heavy (non-hydrogen) atoms. The van der Waals surface area contributed by atoms with Crippen LogP contribution < -0.4 is 9.64 Å². The van der Waals surface area contributed by atoms with Crippen LogP contribution in [0.15, 0.2) is 47.5 Å². The Labute approximate surface area is 198 Å². The molecule has 0 atom stereocenters. The van der Waals surface area contributed by atoms with E-state index in [-0.39, 0.29) is 23.2 Å². The van der Waals surface area contributed by atoms with E-state index in [1.54, 1.807) is 24.3 Å². The number of aromatic nitrogens is 1. The molecule has 186 valence electrons. The molecule has 1 aliphatic carbocycles. The summed E-state index contributed by atoms with van der Waals surface area (Å²) in [5.74, 6) is 1.23. The Kier molecular flexibility index (Phi) is 7.37. The molecule has 0 amide bonds. The van der Waals surface area contributed by atoms with Crippen LogP contribution in [0.1, 0.15) is 44.1 Å². The number of sulfone groups is 1. The van der Waals surface area contributed by atoms with Gasteiger partial charge in [0.25, 0.3) is 0 Å². The largest absolute Gasteiger partial charge is 0.490 e. The van der Waals surface area contributed by atoms with Crippen molar-refractivity contribution in [2.75, 3.05) is 24.2 Å². The Bertz CT molecular complexity index is 1040. The van der Waals surface area contributed by atoms with Crippen molar-refractivity contribution in [3.8, 4) is 5.75 Å². The van der Waals surface area contributed by atoms with E-state index in [4.69, 9.17) is 9.47 Å². The third-order valence-corrected chi connectivity index (χ3v) is 7.53. The van der Waals surface area contributed by atoms with E-state index < -0.39 is 21.6 Å². The Morgan fingerprint density at radius 2 is 1.47 bits per heavy atom. The van der Waals surface area contributed by atoms with E-state index >= 15 is 0 Å². The smallest absolute Gasteiger partial charge is 0.417 e. The normalized spacial score (nSPS) is 22.5. The maximum atomic E-state index is 12.7. The van der Waals surface area contributed by atoms with Crippen LogP contribution in [-0.2, 0) is 20.8 Å². The van der Waals surface area contributed by atoms with Gasteiger partial charge in [0.05, 0.1) is 28.8 Å². The SMILES string of the molecule is CS(=O)(=O)c1ccc(O[C@H]2CC[C@H](OC3CCN(c4ccc(C(F)(F)F)cn4)CC3)CC2)cc1. The molecule has 4 rings (SSSR count). The highest BCUT2D eigenvalue weighted by atomic mass is 32.2. The number of ether oxygens (including phenoxy) is 2. The van der Waals surface area contributed by atoms with Gasteiger partial charge >= 0.3 is 6.18 Å². The van der Waals surface area contributed by atoms with Gasteiger partial charge in [-0.15, -0.1) is 0 Å². The number of pyridine rings is 1. The van der Waals surface area contributed by atoms with Gasteiger partial charge in [0.1, 0.15) is 11.6 Å². The van der Waals surface area contributed by atoms with E-state index in [1.165, 1.54) is 12.3 Å². The summed E-state index contributed by atoms with van der Waals surface area (Å²) in [5, 5.41) is 0. The third kappa shape index (κ3) is 6.41. The standard InChI is InChI=1S/C24H29F3N2O4S/c1-34(30,31)22-9-7-20(8-10-22)32-18-3-5-19(6-4-18)33-21-12-14-29(15-13-21)23-11-2-17(16-28-23)24(25,26)27/h2,7-11,16,18-19,21H,3-6,12-15H2,1H3/t18-,19-. The van der Waals surface area contributed by atoms with Gasteiger partial charge < -0.3 is 14.4 Å². The highest BCUT2D eigenvalue weighted by Gasteiger charge is 2.31. The molecule has 2 aliphatic rings. The number of hydrogen-bond donors (Lipinski definition) is 0. The molecule has 10 heteroatoms. The lowest BCUT2D eigenvalue weighted by atomic mass is 9.94.